The number of carbonyl (C=O) groups excluding carboxylic acids is 1. The molecule has 134 valence electrons. The lowest BCUT2D eigenvalue weighted by Crippen LogP contribution is -3.10. The number of carbonyl (C=O) groups is 1. The molecule has 0 aliphatic carbocycles. The van der Waals surface area contributed by atoms with E-state index in [1.54, 1.807) is 17.6 Å². The Bertz CT molecular complexity index is 809. The molecule has 0 saturated heterocycles. The molecule has 7 nitrogen and oxygen atoms in total. The van der Waals surface area contributed by atoms with E-state index in [-0.39, 0.29) is 18.1 Å². The van der Waals surface area contributed by atoms with Crippen LogP contribution in [0.1, 0.15) is 10.6 Å². The number of nitrogens with one attached hydrogen (secondary N) is 2. The van der Waals surface area contributed by atoms with Crippen LogP contribution < -0.4 is 10.2 Å². The standard InChI is InChI=1S/C18H17N3O4S/c22-18(19-14-5-7-15(8-6-14)21(23)24)13-20(11-16-3-1-9-25-16)12-17-4-2-10-26-17/h1-10H,11-13H2,(H,19,22)/p+1. The van der Waals surface area contributed by atoms with E-state index in [1.807, 2.05) is 29.6 Å². The van der Waals surface area contributed by atoms with Gasteiger partial charge in [0, 0.05) is 17.8 Å². The van der Waals surface area contributed by atoms with Gasteiger partial charge < -0.3 is 14.6 Å². The summed E-state index contributed by atoms with van der Waals surface area (Å²) in [5, 5.41) is 15.5. The van der Waals surface area contributed by atoms with Crippen LogP contribution in [0.4, 0.5) is 11.4 Å². The van der Waals surface area contributed by atoms with Crippen LogP contribution in [0.15, 0.2) is 64.6 Å². The van der Waals surface area contributed by atoms with Crippen molar-refractivity contribution in [2.75, 3.05) is 11.9 Å². The predicted octanol–water partition coefficient (Wildman–Crippen LogP) is 2.47. The van der Waals surface area contributed by atoms with Crippen molar-refractivity contribution in [3.63, 3.8) is 0 Å². The first-order valence-electron chi connectivity index (χ1n) is 8.03. The van der Waals surface area contributed by atoms with Crippen molar-refractivity contribution in [1.82, 2.24) is 0 Å². The van der Waals surface area contributed by atoms with Crippen molar-refractivity contribution in [1.29, 1.82) is 0 Å². The van der Waals surface area contributed by atoms with E-state index >= 15 is 0 Å². The zero-order valence-electron chi connectivity index (χ0n) is 13.9. The second-order valence-corrected chi connectivity index (χ2v) is 6.82. The summed E-state index contributed by atoms with van der Waals surface area (Å²) in [6, 6.07) is 13.5. The number of nitro groups is 1. The molecule has 0 aliphatic heterocycles. The SMILES string of the molecule is O=C(C[NH+](Cc1ccco1)Cc1cccs1)Nc1ccc([N+](=O)[O-])cc1. The van der Waals surface area contributed by atoms with Gasteiger partial charge in [0.25, 0.3) is 11.6 Å². The van der Waals surface area contributed by atoms with Crippen LogP contribution in [0.5, 0.6) is 0 Å². The van der Waals surface area contributed by atoms with Crippen LogP contribution in [0.25, 0.3) is 0 Å². The smallest absolute Gasteiger partial charge is 0.279 e. The van der Waals surface area contributed by atoms with Crippen molar-refractivity contribution in [2.45, 2.75) is 13.1 Å². The fraction of sp³-hybridized carbons (Fsp3) is 0.167. The van der Waals surface area contributed by atoms with Gasteiger partial charge in [0.05, 0.1) is 16.1 Å². The van der Waals surface area contributed by atoms with Crippen molar-refractivity contribution in [3.8, 4) is 0 Å². The third-order valence-corrected chi connectivity index (χ3v) is 4.66. The molecule has 2 heterocycles. The average Bonchev–Trinajstić information content (AvgIpc) is 3.29. The summed E-state index contributed by atoms with van der Waals surface area (Å²) in [6.07, 6.45) is 1.62. The third-order valence-electron chi connectivity index (χ3n) is 3.78. The van der Waals surface area contributed by atoms with Crippen molar-refractivity contribution >= 4 is 28.6 Å². The maximum absolute atomic E-state index is 12.4. The van der Waals surface area contributed by atoms with Gasteiger partial charge in [0.15, 0.2) is 12.3 Å². The molecule has 0 aliphatic rings. The van der Waals surface area contributed by atoms with Gasteiger partial charge in [0.2, 0.25) is 0 Å². The Morgan fingerprint density at radius 3 is 2.58 bits per heavy atom. The third kappa shape index (κ3) is 5.01. The van der Waals surface area contributed by atoms with Gasteiger partial charge in [-0.05, 0) is 35.7 Å². The number of amides is 1. The van der Waals surface area contributed by atoms with Crippen molar-refractivity contribution < 1.29 is 19.0 Å². The lowest BCUT2D eigenvalue weighted by atomic mass is 10.3. The molecule has 0 bridgehead atoms. The molecular formula is C18H18N3O4S+. The molecule has 2 N–H and O–H groups in total. The molecule has 1 atom stereocenters. The van der Waals surface area contributed by atoms with E-state index in [4.69, 9.17) is 4.42 Å². The summed E-state index contributed by atoms with van der Waals surface area (Å²) < 4.78 is 5.41. The number of nitrogens with zero attached hydrogens (tertiary/aromatic N) is 1. The highest BCUT2D eigenvalue weighted by atomic mass is 32.1. The number of nitro benzene ring substituents is 1. The van der Waals surface area contributed by atoms with Gasteiger partial charge in [-0.15, -0.1) is 11.3 Å². The fourth-order valence-electron chi connectivity index (χ4n) is 2.61. The molecule has 26 heavy (non-hydrogen) atoms. The van der Waals surface area contributed by atoms with Crippen LogP contribution in [0.3, 0.4) is 0 Å². The van der Waals surface area contributed by atoms with Gasteiger partial charge >= 0.3 is 0 Å². The molecule has 1 unspecified atom stereocenters. The Labute approximate surface area is 154 Å². The van der Waals surface area contributed by atoms with Crippen molar-refractivity contribution in [3.05, 3.63) is 80.9 Å². The molecule has 1 amide bonds. The summed E-state index contributed by atoms with van der Waals surface area (Å²) in [7, 11) is 0. The number of hydrogen-bond acceptors (Lipinski definition) is 5. The molecule has 3 aromatic rings. The highest BCUT2D eigenvalue weighted by Crippen LogP contribution is 2.15. The van der Waals surface area contributed by atoms with E-state index in [2.05, 4.69) is 5.32 Å². The van der Waals surface area contributed by atoms with Crippen LogP contribution in [0.2, 0.25) is 0 Å². The normalized spacial score (nSPS) is 11.8. The summed E-state index contributed by atoms with van der Waals surface area (Å²) in [5.41, 5.74) is 0.528. The van der Waals surface area contributed by atoms with Crippen LogP contribution in [-0.2, 0) is 17.9 Å². The number of anilines is 1. The van der Waals surface area contributed by atoms with Gasteiger partial charge in [0.1, 0.15) is 13.1 Å². The number of rotatable bonds is 8. The molecule has 2 aromatic heterocycles. The first-order valence-corrected chi connectivity index (χ1v) is 8.91. The minimum absolute atomic E-state index is 0.00855. The van der Waals surface area contributed by atoms with Crippen LogP contribution >= 0.6 is 11.3 Å². The summed E-state index contributed by atoms with van der Waals surface area (Å²) in [6.45, 7) is 1.57. The Balaban J connectivity index is 1.63. The fourth-order valence-corrected chi connectivity index (χ4v) is 3.38. The predicted molar refractivity (Wildman–Crippen MR) is 98.0 cm³/mol. The number of benzene rings is 1. The molecule has 3 rings (SSSR count). The molecule has 0 spiro atoms. The molecule has 0 saturated carbocycles. The number of thiophene rings is 1. The topological polar surface area (TPSA) is 89.8 Å². The lowest BCUT2D eigenvalue weighted by Gasteiger charge is -2.17. The largest absolute Gasteiger partial charge is 0.463 e. The van der Waals surface area contributed by atoms with E-state index in [1.165, 1.54) is 29.1 Å². The van der Waals surface area contributed by atoms with Gasteiger partial charge in [-0.2, -0.15) is 0 Å². The molecular weight excluding hydrogens is 354 g/mol. The molecule has 0 fully saturated rings. The number of quaternary nitrogens is 1. The molecule has 1 aromatic carbocycles. The average molecular weight is 372 g/mol. The van der Waals surface area contributed by atoms with Gasteiger partial charge in [-0.3, -0.25) is 14.9 Å². The second kappa shape index (κ2) is 8.41. The Hall–Kier alpha value is -2.97. The first-order chi connectivity index (χ1) is 12.6. The monoisotopic (exact) mass is 372 g/mol. The zero-order valence-corrected chi connectivity index (χ0v) is 14.7. The van der Waals surface area contributed by atoms with E-state index in [0.29, 0.717) is 18.8 Å². The van der Waals surface area contributed by atoms with E-state index in [0.717, 1.165) is 10.7 Å². The van der Waals surface area contributed by atoms with E-state index < -0.39 is 4.92 Å². The van der Waals surface area contributed by atoms with Crippen molar-refractivity contribution in [2.24, 2.45) is 0 Å². The molecule has 8 heteroatoms. The highest BCUT2D eigenvalue weighted by Gasteiger charge is 2.18. The molecule has 0 radical (unpaired) electrons. The number of non-ortho nitro benzene ring substituents is 1. The van der Waals surface area contributed by atoms with Crippen LogP contribution in [-0.4, -0.2) is 17.4 Å². The number of hydrogen-bond donors (Lipinski definition) is 2. The van der Waals surface area contributed by atoms with Gasteiger partial charge in [-0.1, -0.05) is 6.07 Å². The Morgan fingerprint density at radius 1 is 1.15 bits per heavy atom. The maximum atomic E-state index is 12.4. The lowest BCUT2D eigenvalue weighted by molar-refractivity contribution is -0.920. The summed E-state index contributed by atoms with van der Waals surface area (Å²) in [4.78, 5) is 24.9. The number of furan rings is 1. The minimum Gasteiger partial charge on any atom is -0.463 e. The Kier molecular flexibility index (Phi) is 5.77. The first kappa shape index (κ1) is 17.8. The highest BCUT2D eigenvalue weighted by molar-refractivity contribution is 7.09. The van der Waals surface area contributed by atoms with Crippen LogP contribution in [0, 0.1) is 10.1 Å². The summed E-state index contributed by atoms with van der Waals surface area (Å²) >= 11 is 1.65. The minimum atomic E-state index is -0.470. The maximum Gasteiger partial charge on any atom is 0.279 e. The Morgan fingerprint density at radius 2 is 1.96 bits per heavy atom. The summed E-state index contributed by atoms with van der Waals surface area (Å²) in [5.74, 6) is 0.664. The second-order valence-electron chi connectivity index (χ2n) is 5.79. The van der Waals surface area contributed by atoms with E-state index in [9.17, 15) is 14.9 Å². The quantitative estimate of drug-likeness (QED) is 0.470. The van der Waals surface area contributed by atoms with Gasteiger partial charge in [-0.25, -0.2) is 0 Å². The zero-order chi connectivity index (χ0) is 18.4.